The van der Waals surface area contributed by atoms with Crippen LogP contribution in [0, 0.1) is 5.41 Å². The zero-order chi connectivity index (χ0) is 12.6. The molecule has 1 aliphatic carbocycles. The molecule has 0 saturated carbocycles. The summed E-state index contributed by atoms with van der Waals surface area (Å²) in [4.78, 5) is 0. The van der Waals surface area contributed by atoms with Crippen LogP contribution in [0.15, 0.2) is 24.0 Å². The van der Waals surface area contributed by atoms with Gasteiger partial charge in [0, 0.05) is 0 Å². The van der Waals surface area contributed by atoms with E-state index in [-0.39, 0.29) is 5.76 Å². The van der Waals surface area contributed by atoms with Gasteiger partial charge < -0.3 is 4.18 Å². The molecule has 0 aromatic carbocycles. The second-order valence-electron chi connectivity index (χ2n) is 4.12. The smallest absolute Gasteiger partial charge is 0.376 e. The van der Waals surface area contributed by atoms with Gasteiger partial charge in [-0.25, -0.2) is 0 Å². The minimum atomic E-state index is -5.57. The van der Waals surface area contributed by atoms with Crippen LogP contribution in [0.3, 0.4) is 0 Å². The molecule has 3 nitrogen and oxygen atoms in total. The molecule has 0 saturated heterocycles. The monoisotopic (exact) mass is 256 g/mol. The highest BCUT2D eigenvalue weighted by Crippen LogP contribution is 2.32. The maximum absolute atomic E-state index is 12.0. The lowest BCUT2D eigenvalue weighted by molar-refractivity contribution is -0.0520. The third-order valence-electron chi connectivity index (χ3n) is 1.95. The molecule has 0 heterocycles. The molecule has 0 radical (unpaired) electrons. The molecule has 0 unspecified atom stereocenters. The first-order chi connectivity index (χ1) is 7.04. The molecule has 0 bridgehead atoms. The zero-order valence-electron chi connectivity index (χ0n) is 8.71. The van der Waals surface area contributed by atoms with E-state index in [0.717, 1.165) is 0 Å². The van der Waals surface area contributed by atoms with E-state index in [1.165, 1.54) is 12.2 Å². The topological polar surface area (TPSA) is 43.4 Å². The van der Waals surface area contributed by atoms with Crippen molar-refractivity contribution in [2.75, 3.05) is 0 Å². The fraction of sp³-hybridized carbons (Fsp3) is 0.556. The quantitative estimate of drug-likeness (QED) is 0.563. The summed E-state index contributed by atoms with van der Waals surface area (Å²) in [5, 5.41) is 0. The normalized spacial score (nSPS) is 20.4. The summed E-state index contributed by atoms with van der Waals surface area (Å²) in [5.74, 6) is -0.298. The molecule has 1 rings (SSSR count). The highest BCUT2D eigenvalue weighted by atomic mass is 32.2. The molecule has 16 heavy (non-hydrogen) atoms. The molecule has 0 atom stereocenters. The average molecular weight is 256 g/mol. The van der Waals surface area contributed by atoms with Crippen molar-refractivity contribution >= 4 is 10.1 Å². The maximum Gasteiger partial charge on any atom is 0.534 e. The van der Waals surface area contributed by atoms with Crippen LogP contribution >= 0.6 is 0 Å². The van der Waals surface area contributed by atoms with Crippen LogP contribution < -0.4 is 0 Å². The van der Waals surface area contributed by atoms with E-state index in [1.807, 2.05) is 0 Å². The standard InChI is InChI=1S/C9H11F3O3S/c1-8(2)5-3-4-7(6-8)15-16(13,14)9(10,11)12/h3-4,6H,5H2,1-2H3. The number of halogens is 3. The largest absolute Gasteiger partial charge is 0.534 e. The number of hydrogen-bond acceptors (Lipinski definition) is 3. The van der Waals surface area contributed by atoms with Crippen molar-refractivity contribution in [3.63, 3.8) is 0 Å². The van der Waals surface area contributed by atoms with E-state index in [4.69, 9.17) is 0 Å². The van der Waals surface area contributed by atoms with E-state index >= 15 is 0 Å². The Morgan fingerprint density at radius 1 is 1.38 bits per heavy atom. The summed E-state index contributed by atoms with van der Waals surface area (Å²) in [7, 11) is -5.57. The summed E-state index contributed by atoms with van der Waals surface area (Å²) in [5.41, 5.74) is -5.81. The maximum atomic E-state index is 12.0. The van der Waals surface area contributed by atoms with Gasteiger partial charge in [0.15, 0.2) is 0 Å². The average Bonchev–Trinajstić information content (AvgIpc) is 1.98. The van der Waals surface area contributed by atoms with Gasteiger partial charge in [0.1, 0.15) is 5.76 Å². The summed E-state index contributed by atoms with van der Waals surface area (Å²) >= 11 is 0. The molecule has 0 spiro atoms. The predicted molar refractivity (Wildman–Crippen MR) is 51.7 cm³/mol. The van der Waals surface area contributed by atoms with Crippen LogP contribution in [0.25, 0.3) is 0 Å². The minimum Gasteiger partial charge on any atom is -0.376 e. The van der Waals surface area contributed by atoms with Crippen LogP contribution in [0.4, 0.5) is 13.2 Å². The summed E-state index contributed by atoms with van der Waals surface area (Å²) in [6.07, 6.45) is 4.76. The van der Waals surface area contributed by atoms with E-state index < -0.39 is 21.0 Å². The number of hydrogen-bond donors (Lipinski definition) is 0. The Hall–Kier alpha value is -0.980. The Morgan fingerprint density at radius 3 is 2.38 bits per heavy atom. The van der Waals surface area contributed by atoms with Crippen molar-refractivity contribution in [2.24, 2.45) is 5.41 Å². The summed E-state index contributed by atoms with van der Waals surface area (Å²) in [6.45, 7) is 3.53. The molecule has 1 aliphatic rings. The molecule has 0 fully saturated rings. The lowest BCUT2D eigenvalue weighted by atomic mass is 9.86. The van der Waals surface area contributed by atoms with E-state index in [1.54, 1.807) is 19.9 Å². The van der Waals surface area contributed by atoms with Gasteiger partial charge in [-0.1, -0.05) is 19.9 Å². The molecule has 92 valence electrons. The second-order valence-corrected chi connectivity index (χ2v) is 5.66. The molecule has 0 amide bonds. The third kappa shape index (κ3) is 3.01. The molecule has 7 heteroatoms. The summed E-state index contributed by atoms with van der Waals surface area (Å²) < 4.78 is 61.5. The highest BCUT2D eigenvalue weighted by Gasteiger charge is 2.48. The Bertz CT molecular complexity index is 429. The minimum absolute atomic E-state index is 0.298. The highest BCUT2D eigenvalue weighted by molar-refractivity contribution is 7.87. The zero-order valence-corrected chi connectivity index (χ0v) is 9.52. The second kappa shape index (κ2) is 3.80. The van der Waals surface area contributed by atoms with Crippen molar-refractivity contribution in [1.29, 1.82) is 0 Å². The Morgan fingerprint density at radius 2 is 1.94 bits per heavy atom. The Balaban J connectivity index is 2.92. The SMILES string of the molecule is CC1(C)C=C(OS(=O)(=O)C(F)(F)F)C=CC1. The van der Waals surface area contributed by atoms with Gasteiger partial charge in [0.05, 0.1) is 0 Å². The Kier molecular flexibility index (Phi) is 3.11. The van der Waals surface area contributed by atoms with Crippen LogP contribution in [-0.4, -0.2) is 13.9 Å². The lowest BCUT2D eigenvalue weighted by Crippen LogP contribution is -2.26. The first kappa shape index (κ1) is 13.1. The van der Waals surface area contributed by atoms with E-state index in [9.17, 15) is 21.6 Å². The van der Waals surface area contributed by atoms with Crippen LogP contribution in [-0.2, 0) is 14.3 Å². The first-order valence-electron chi connectivity index (χ1n) is 4.44. The van der Waals surface area contributed by atoms with Gasteiger partial charge >= 0.3 is 15.6 Å². The lowest BCUT2D eigenvalue weighted by Gasteiger charge is -2.23. The molecular weight excluding hydrogens is 245 g/mol. The van der Waals surface area contributed by atoms with E-state index in [2.05, 4.69) is 4.18 Å². The van der Waals surface area contributed by atoms with Crippen molar-refractivity contribution in [3.8, 4) is 0 Å². The fourth-order valence-corrected chi connectivity index (χ4v) is 1.65. The van der Waals surface area contributed by atoms with Crippen LogP contribution in [0.5, 0.6) is 0 Å². The Labute approximate surface area is 91.7 Å². The van der Waals surface area contributed by atoms with Gasteiger partial charge in [-0.3, -0.25) is 0 Å². The van der Waals surface area contributed by atoms with Gasteiger partial charge in [-0.15, -0.1) is 0 Å². The molecule has 0 N–H and O–H groups in total. The number of rotatable bonds is 2. The van der Waals surface area contributed by atoms with Crippen molar-refractivity contribution in [3.05, 3.63) is 24.0 Å². The van der Waals surface area contributed by atoms with Gasteiger partial charge in [-0.2, -0.15) is 21.6 Å². The fourth-order valence-electron chi connectivity index (χ4n) is 1.20. The molecule has 0 aromatic heterocycles. The number of alkyl halides is 3. The third-order valence-corrected chi connectivity index (χ3v) is 2.93. The molecular formula is C9H11F3O3S. The van der Waals surface area contributed by atoms with Gasteiger partial charge in [0.2, 0.25) is 0 Å². The van der Waals surface area contributed by atoms with Gasteiger partial charge in [0.25, 0.3) is 0 Å². The molecule has 0 aliphatic heterocycles. The predicted octanol–water partition coefficient (Wildman–Crippen LogP) is 2.72. The van der Waals surface area contributed by atoms with Crippen LogP contribution in [0.2, 0.25) is 0 Å². The van der Waals surface area contributed by atoms with Crippen molar-refractivity contribution in [1.82, 2.24) is 0 Å². The van der Waals surface area contributed by atoms with Crippen molar-refractivity contribution < 1.29 is 25.8 Å². The van der Waals surface area contributed by atoms with Gasteiger partial charge in [-0.05, 0) is 24.0 Å². The van der Waals surface area contributed by atoms with Crippen LogP contribution in [0.1, 0.15) is 20.3 Å². The summed E-state index contributed by atoms with van der Waals surface area (Å²) in [6, 6.07) is 0. The van der Waals surface area contributed by atoms with E-state index in [0.29, 0.717) is 6.42 Å². The molecule has 0 aromatic rings. The van der Waals surface area contributed by atoms with Crippen molar-refractivity contribution in [2.45, 2.75) is 25.8 Å². The number of allylic oxidation sites excluding steroid dienone is 3. The first-order valence-corrected chi connectivity index (χ1v) is 5.84.